The smallest absolute Gasteiger partial charge is 0.409 e. The molecule has 1 aliphatic rings. The number of pyridine rings is 2. The zero-order valence-corrected chi connectivity index (χ0v) is 18.0. The summed E-state index contributed by atoms with van der Waals surface area (Å²) in [5.74, 6) is -0.637. The first kappa shape index (κ1) is 21.1. The number of rotatable bonds is 3. The molecule has 4 rings (SSSR count). The zero-order valence-electron chi connectivity index (χ0n) is 16.5. The molecule has 3 heterocycles. The van der Waals surface area contributed by atoms with Crippen molar-refractivity contribution >= 4 is 51.9 Å². The Bertz CT molecular complexity index is 1220. The summed E-state index contributed by atoms with van der Waals surface area (Å²) in [4.78, 5) is 43.9. The highest BCUT2D eigenvalue weighted by molar-refractivity contribution is 6.40. The molecule has 1 aromatic carbocycles. The molecule has 2 aromatic heterocycles. The Morgan fingerprint density at radius 2 is 1.94 bits per heavy atom. The van der Waals surface area contributed by atoms with Crippen molar-refractivity contribution in [1.82, 2.24) is 14.5 Å². The van der Waals surface area contributed by atoms with E-state index in [1.165, 1.54) is 13.3 Å². The number of hydrogen-bond acceptors (Lipinski definition) is 5. The lowest BCUT2D eigenvalue weighted by Gasteiger charge is -2.19. The second-order valence-electron chi connectivity index (χ2n) is 7.06. The minimum Gasteiger partial charge on any atom is -0.453 e. The summed E-state index contributed by atoms with van der Waals surface area (Å²) in [5.41, 5.74) is 0.137. The van der Waals surface area contributed by atoms with Gasteiger partial charge >= 0.3 is 6.09 Å². The highest BCUT2D eigenvalue weighted by Crippen LogP contribution is 2.30. The molecule has 0 bridgehead atoms. The lowest BCUT2D eigenvalue weighted by molar-refractivity contribution is 0.102. The van der Waals surface area contributed by atoms with E-state index in [2.05, 4.69) is 10.3 Å². The van der Waals surface area contributed by atoms with Crippen LogP contribution in [0.4, 0.5) is 10.5 Å². The van der Waals surface area contributed by atoms with E-state index in [0.29, 0.717) is 30.5 Å². The summed E-state index contributed by atoms with van der Waals surface area (Å²) >= 11 is 12.3. The third kappa shape index (κ3) is 3.96. The number of carbonyl (C=O) groups excluding carboxylic acids is 2. The van der Waals surface area contributed by atoms with Crippen molar-refractivity contribution in [2.45, 2.75) is 12.5 Å². The predicted molar refractivity (Wildman–Crippen MR) is 118 cm³/mol. The van der Waals surface area contributed by atoms with Gasteiger partial charge in [-0.1, -0.05) is 29.3 Å². The molecule has 0 saturated carbocycles. The molecule has 8 nitrogen and oxygen atoms in total. The number of aromatic nitrogens is 2. The number of methoxy groups -OCH3 is 1. The first-order chi connectivity index (χ1) is 14.9. The van der Waals surface area contributed by atoms with Crippen LogP contribution in [0.5, 0.6) is 0 Å². The normalized spacial score (nSPS) is 15.8. The van der Waals surface area contributed by atoms with Gasteiger partial charge in [-0.15, -0.1) is 0 Å². The van der Waals surface area contributed by atoms with Crippen LogP contribution in [0.15, 0.2) is 47.5 Å². The summed E-state index contributed by atoms with van der Waals surface area (Å²) < 4.78 is 6.57. The summed E-state index contributed by atoms with van der Waals surface area (Å²) in [6.07, 6.45) is 3.26. The number of hydrogen-bond donors (Lipinski definition) is 1. The topological polar surface area (TPSA) is 93.5 Å². The Labute approximate surface area is 187 Å². The molecular formula is C21H18Cl2N4O4. The van der Waals surface area contributed by atoms with Crippen LogP contribution in [-0.4, -0.2) is 46.7 Å². The molecule has 3 aromatic rings. The number of anilines is 1. The van der Waals surface area contributed by atoms with Gasteiger partial charge in [0.15, 0.2) is 0 Å². The van der Waals surface area contributed by atoms with Gasteiger partial charge in [-0.05, 0) is 30.7 Å². The van der Waals surface area contributed by atoms with Crippen molar-refractivity contribution in [1.29, 1.82) is 0 Å². The van der Waals surface area contributed by atoms with E-state index in [-0.39, 0.29) is 27.3 Å². The number of benzene rings is 1. The molecule has 1 aliphatic heterocycles. The third-order valence-electron chi connectivity index (χ3n) is 5.22. The molecule has 1 fully saturated rings. The predicted octanol–water partition coefficient (Wildman–Crippen LogP) is 3.97. The van der Waals surface area contributed by atoms with Crippen molar-refractivity contribution in [3.05, 3.63) is 68.6 Å². The van der Waals surface area contributed by atoms with Crippen molar-refractivity contribution in [3.63, 3.8) is 0 Å². The summed E-state index contributed by atoms with van der Waals surface area (Å²) in [6.45, 7) is 0.868. The Morgan fingerprint density at radius 1 is 1.19 bits per heavy atom. The summed E-state index contributed by atoms with van der Waals surface area (Å²) in [6, 6.07) is 7.91. The van der Waals surface area contributed by atoms with Gasteiger partial charge in [-0.3, -0.25) is 9.59 Å². The maximum absolute atomic E-state index is 13.1. The SMILES string of the molecule is COC(=O)N1CCC(n2cc(C(=O)Nc3c(Cl)cccc3Cl)c(=O)c3cccnc32)C1. The molecule has 0 radical (unpaired) electrons. The van der Waals surface area contributed by atoms with Crippen molar-refractivity contribution in [2.75, 3.05) is 25.5 Å². The summed E-state index contributed by atoms with van der Waals surface area (Å²) in [5, 5.41) is 3.45. The number of carbonyl (C=O) groups is 2. The lowest BCUT2D eigenvalue weighted by Crippen LogP contribution is -2.30. The Balaban J connectivity index is 1.77. The van der Waals surface area contributed by atoms with Gasteiger partial charge in [-0.2, -0.15) is 0 Å². The molecule has 2 amide bonds. The second-order valence-corrected chi connectivity index (χ2v) is 7.88. The van der Waals surface area contributed by atoms with Crippen molar-refractivity contribution in [2.24, 2.45) is 0 Å². The number of nitrogens with one attached hydrogen (secondary N) is 1. The fourth-order valence-corrected chi connectivity index (χ4v) is 4.18. The van der Waals surface area contributed by atoms with Gasteiger partial charge in [0.05, 0.1) is 34.3 Å². The molecule has 31 heavy (non-hydrogen) atoms. The van der Waals surface area contributed by atoms with Gasteiger partial charge in [0, 0.05) is 25.5 Å². The van der Waals surface area contributed by atoms with Crippen LogP contribution in [-0.2, 0) is 4.74 Å². The van der Waals surface area contributed by atoms with Crippen molar-refractivity contribution in [3.8, 4) is 0 Å². The first-order valence-corrected chi connectivity index (χ1v) is 10.2. The lowest BCUT2D eigenvalue weighted by atomic mass is 10.1. The standard InChI is InChI=1S/C21H18Cl2N4O4/c1-31-21(30)26-9-7-12(10-26)27-11-14(18(28)13-4-3-8-24-19(13)27)20(29)25-17-15(22)5-2-6-16(17)23/h2-6,8,11-12H,7,9-10H2,1H3,(H,25,29). The summed E-state index contributed by atoms with van der Waals surface area (Å²) in [7, 11) is 1.33. The Morgan fingerprint density at radius 3 is 2.65 bits per heavy atom. The van der Waals surface area contributed by atoms with E-state index in [1.807, 2.05) is 0 Å². The molecule has 1 unspecified atom stereocenters. The maximum Gasteiger partial charge on any atom is 0.409 e. The van der Waals surface area contributed by atoms with E-state index in [1.54, 1.807) is 46.0 Å². The minimum absolute atomic E-state index is 0.0759. The average molecular weight is 461 g/mol. The molecule has 0 spiro atoms. The van der Waals surface area contributed by atoms with Gasteiger partial charge < -0.3 is 19.5 Å². The van der Waals surface area contributed by atoms with Crippen LogP contribution in [0.3, 0.4) is 0 Å². The Hall–Kier alpha value is -3.10. The first-order valence-electron chi connectivity index (χ1n) is 9.49. The van der Waals surface area contributed by atoms with Crippen LogP contribution >= 0.6 is 23.2 Å². The third-order valence-corrected chi connectivity index (χ3v) is 5.85. The largest absolute Gasteiger partial charge is 0.453 e. The zero-order chi connectivity index (χ0) is 22.1. The number of amides is 2. The minimum atomic E-state index is -0.637. The quantitative estimate of drug-likeness (QED) is 0.637. The van der Waals surface area contributed by atoms with Crippen LogP contribution in [0.25, 0.3) is 11.0 Å². The van der Waals surface area contributed by atoms with Crippen LogP contribution in [0.2, 0.25) is 10.0 Å². The van der Waals surface area contributed by atoms with E-state index in [9.17, 15) is 14.4 Å². The van der Waals surface area contributed by atoms with E-state index in [4.69, 9.17) is 27.9 Å². The van der Waals surface area contributed by atoms with Gasteiger partial charge in [0.1, 0.15) is 11.2 Å². The van der Waals surface area contributed by atoms with Crippen LogP contribution < -0.4 is 10.7 Å². The monoisotopic (exact) mass is 460 g/mol. The van der Waals surface area contributed by atoms with E-state index >= 15 is 0 Å². The molecule has 10 heteroatoms. The highest BCUT2D eigenvalue weighted by Gasteiger charge is 2.30. The van der Waals surface area contributed by atoms with E-state index in [0.717, 1.165) is 0 Å². The number of ether oxygens (including phenoxy) is 1. The number of likely N-dealkylation sites (tertiary alicyclic amines) is 1. The van der Waals surface area contributed by atoms with Gasteiger partial charge in [0.2, 0.25) is 5.43 Å². The number of fused-ring (bicyclic) bond motifs is 1. The number of para-hydroxylation sites is 1. The Kier molecular flexibility index (Phi) is 5.84. The molecule has 160 valence electrons. The number of halogens is 2. The molecule has 1 saturated heterocycles. The molecule has 1 N–H and O–H groups in total. The molecular weight excluding hydrogens is 443 g/mol. The fraction of sp³-hybridized carbons (Fsp3) is 0.238. The van der Waals surface area contributed by atoms with Gasteiger partial charge in [0.25, 0.3) is 5.91 Å². The molecule has 1 atom stereocenters. The maximum atomic E-state index is 13.1. The van der Waals surface area contributed by atoms with Crippen LogP contribution in [0.1, 0.15) is 22.8 Å². The van der Waals surface area contributed by atoms with Crippen LogP contribution in [0, 0.1) is 0 Å². The average Bonchev–Trinajstić information content (AvgIpc) is 3.26. The second kappa shape index (κ2) is 8.56. The molecule has 0 aliphatic carbocycles. The van der Waals surface area contributed by atoms with Crippen molar-refractivity contribution < 1.29 is 14.3 Å². The highest BCUT2D eigenvalue weighted by atomic mass is 35.5. The van der Waals surface area contributed by atoms with Gasteiger partial charge in [-0.25, -0.2) is 9.78 Å². The number of nitrogens with zero attached hydrogens (tertiary/aromatic N) is 3. The van der Waals surface area contributed by atoms with E-state index < -0.39 is 17.4 Å². The fourth-order valence-electron chi connectivity index (χ4n) is 3.69.